The van der Waals surface area contributed by atoms with Crippen LogP contribution in [0.25, 0.3) is 11.6 Å². The Labute approximate surface area is 157 Å². The van der Waals surface area contributed by atoms with Crippen LogP contribution in [0.1, 0.15) is 25.8 Å². The van der Waals surface area contributed by atoms with E-state index in [0.29, 0.717) is 11.6 Å². The van der Waals surface area contributed by atoms with Crippen molar-refractivity contribution in [2.45, 2.75) is 38.4 Å². The zero-order valence-corrected chi connectivity index (χ0v) is 15.8. The van der Waals surface area contributed by atoms with Crippen molar-refractivity contribution in [3.63, 3.8) is 0 Å². The molecule has 1 aromatic carbocycles. The fraction of sp³-hybridized carbons (Fsp3) is 0.316. The van der Waals surface area contributed by atoms with E-state index in [-0.39, 0.29) is 11.7 Å². The monoisotopic (exact) mass is 370 g/mol. The Morgan fingerprint density at radius 2 is 2.04 bits per heavy atom. The standard InChI is InChI=1S/C19H22N4O2S/c1-3-11-23-18(16-10-7-12-25-16)21-22-19(23)26-13-17(24)20-15-9-6-5-8-14(15)4-2/h5-10,12H,3-4,11,13H2,1-2H3,(H,20,24). The fourth-order valence-electron chi connectivity index (χ4n) is 2.68. The molecular weight excluding hydrogens is 348 g/mol. The van der Waals surface area contributed by atoms with Crippen LogP contribution in [0.2, 0.25) is 0 Å². The van der Waals surface area contributed by atoms with Crippen molar-refractivity contribution >= 4 is 23.4 Å². The Morgan fingerprint density at radius 3 is 2.77 bits per heavy atom. The van der Waals surface area contributed by atoms with E-state index in [1.807, 2.05) is 41.0 Å². The number of para-hydroxylation sites is 1. The average molecular weight is 370 g/mol. The van der Waals surface area contributed by atoms with Gasteiger partial charge in [0, 0.05) is 12.2 Å². The highest BCUT2D eigenvalue weighted by Crippen LogP contribution is 2.25. The Morgan fingerprint density at radius 1 is 1.19 bits per heavy atom. The first-order valence-corrected chi connectivity index (χ1v) is 9.69. The number of carbonyl (C=O) groups is 1. The van der Waals surface area contributed by atoms with Gasteiger partial charge in [0.05, 0.1) is 12.0 Å². The lowest BCUT2D eigenvalue weighted by Crippen LogP contribution is -2.15. The highest BCUT2D eigenvalue weighted by molar-refractivity contribution is 7.99. The number of furan rings is 1. The van der Waals surface area contributed by atoms with Gasteiger partial charge in [0.15, 0.2) is 16.7 Å². The molecule has 2 aromatic heterocycles. The molecule has 0 aliphatic carbocycles. The van der Waals surface area contributed by atoms with Crippen molar-refractivity contribution in [3.8, 4) is 11.6 Å². The first kappa shape index (κ1) is 18.3. The zero-order chi connectivity index (χ0) is 18.4. The highest BCUT2D eigenvalue weighted by Gasteiger charge is 2.17. The maximum absolute atomic E-state index is 12.4. The lowest BCUT2D eigenvalue weighted by molar-refractivity contribution is -0.113. The number of hydrogen-bond donors (Lipinski definition) is 1. The number of hydrogen-bond acceptors (Lipinski definition) is 5. The summed E-state index contributed by atoms with van der Waals surface area (Å²) in [5.41, 5.74) is 1.99. The Kier molecular flexibility index (Phi) is 6.12. The molecule has 3 aromatic rings. The number of amides is 1. The predicted molar refractivity (Wildman–Crippen MR) is 103 cm³/mol. The summed E-state index contributed by atoms with van der Waals surface area (Å²) in [7, 11) is 0. The Hall–Kier alpha value is -2.54. The van der Waals surface area contributed by atoms with Crippen LogP contribution in [0, 0.1) is 0 Å². The van der Waals surface area contributed by atoms with Gasteiger partial charge in [-0.3, -0.25) is 9.36 Å². The molecule has 3 rings (SSSR count). The second-order valence-electron chi connectivity index (χ2n) is 5.78. The number of anilines is 1. The first-order chi connectivity index (χ1) is 12.7. The number of nitrogens with one attached hydrogen (secondary N) is 1. The first-order valence-electron chi connectivity index (χ1n) is 8.70. The van der Waals surface area contributed by atoms with Gasteiger partial charge < -0.3 is 9.73 Å². The summed E-state index contributed by atoms with van der Waals surface area (Å²) in [5, 5.41) is 12.2. The summed E-state index contributed by atoms with van der Waals surface area (Å²) in [6.45, 7) is 4.93. The van der Waals surface area contributed by atoms with Crippen LogP contribution in [-0.2, 0) is 17.8 Å². The molecular formula is C19H22N4O2S. The topological polar surface area (TPSA) is 73.0 Å². The van der Waals surface area contributed by atoms with Gasteiger partial charge in [-0.05, 0) is 36.6 Å². The van der Waals surface area contributed by atoms with Gasteiger partial charge in [0.1, 0.15) is 0 Å². The number of aryl methyl sites for hydroxylation is 1. The third-order valence-corrected chi connectivity index (χ3v) is 4.88. The van der Waals surface area contributed by atoms with Crippen LogP contribution >= 0.6 is 11.8 Å². The predicted octanol–water partition coefficient (Wildman–Crippen LogP) is 4.24. The van der Waals surface area contributed by atoms with Crippen LogP contribution in [0.3, 0.4) is 0 Å². The molecule has 0 fully saturated rings. The van der Waals surface area contributed by atoms with Gasteiger partial charge in [-0.1, -0.05) is 43.8 Å². The molecule has 0 bridgehead atoms. The molecule has 0 saturated heterocycles. The minimum Gasteiger partial charge on any atom is -0.461 e. The number of thioether (sulfide) groups is 1. The molecule has 1 amide bonds. The van der Waals surface area contributed by atoms with Gasteiger partial charge in [-0.2, -0.15) is 0 Å². The van der Waals surface area contributed by atoms with Crippen molar-refractivity contribution in [2.75, 3.05) is 11.1 Å². The molecule has 0 aliphatic heterocycles. The third kappa shape index (κ3) is 4.16. The van der Waals surface area contributed by atoms with Crippen LogP contribution in [0.15, 0.2) is 52.2 Å². The lowest BCUT2D eigenvalue weighted by atomic mass is 10.1. The van der Waals surface area contributed by atoms with E-state index in [4.69, 9.17) is 4.42 Å². The number of aromatic nitrogens is 3. The minimum atomic E-state index is -0.0542. The van der Waals surface area contributed by atoms with E-state index in [0.717, 1.165) is 35.8 Å². The van der Waals surface area contributed by atoms with Crippen molar-refractivity contribution < 1.29 is 9.21 Å². The van der Waals surface area contributed by atoms with Crippen LogP contribution in [0.4, 0.5) is 5.69 Å². The summed E-state index contributed by atoms with van der Waals surface area (Å²) in [4.78, 5) is 12.4. The summed E-state index contributed by atoms with van der Waals surface area (Å²) in [6, 6.07) is 11.5. The summed E-state index contributed by atoms with van der Waals surface area (Å²) >= 11 is 1.38. The van der Waals surface area contributed by atoms with Crippen molar-refractivity contribution in [1.29, 1.82) is 0 Å². The van der Waals surface area contributed by atoms with Gasteiger partial charge in [-0.15, -0.1) is 10.2 Å². The summed E-state index contributed by atoms with van der Waals surface area (Å²) in [6.07, 6.45) is 3.43. The van der Waals surface area contributed by atoms with E-state index >= 15 is 0 Å². The fourth-order valence-corrected chi connectivity index (χ4v) is 3.44. The van der Waals surface area contributed by atoms with Crippen molar-refractivity contribution in [2.24, 2.45) is 0 Å². The molecule has 0 aliphatic rings. The largest absolute Gasteiger partial charge is 0.461 e. The Balaban J connectivity index is 1.68. The molecule has 1 N–H and O–H groups in total. The molecule has 26 heavy (non-hydrogen) atoms. The van der Waals surface area contributed by atoms with E-state index in [1.54, 1.807) is 6.26 Å². The number of rotatable bonds is 8. The molecule has 2 heterocycles. The molecule has 0 saturated carbocycles. The van der Waals surface area contributed by atoms with E-state index in [9.17, 15) is 4.79 Å². The molecule has 0 spiro atoms. The van der Waals surface area contributed by atoms with Crippen LogP contribution in [0.5, 0.6) is 0 Å². The van der Waals surface area contributed by atoms with Crippen LogP contribution in [-0.4, -0.2) is 26.4 Å². The molecule has 136 valence electrons. The number of carbonyl (C=O) groups excluding carboxylic acids is 1. The average Bonchev–Trinajstić information content (AvgIpc) is 3.30. The molecule has 0 atom stereocenters. The normalized spacial score (nSPS) is 10.8. The SMILES string of the molecule is CCCn1c(SCC(=O)Nc2ccccc2CC)nnc1-c1ccco1. The quantitative estimate of drug-likeness (QED) is 0.600. The number of benzene rings is 1. The summed E-state index contributed by atoms with van der Waals surface area (Å²) < 4.78 is 7.43. The van der Waals surface area contributed by atoms with Crippen molar-refractivity contribution in [1.82, 2.24) is 14.8 Å². The zero-order valence-electron chi connectivity index (χ0n) is 14.9. The second-order valence-corrected chi connectivity index (χ2v) is 6.73. The van der Waals surface area contributed by atoms with E-state index in [2.05, 4.69) is 29.4 Å². The maximum atomic E-state index is 12.4. The molecule has 7 heteroatoms. The second kappa shape index (κ2) is 8.71. The minimum absolute atomic E-state index is 0.0542. The van der Waals surface area contributed by atoms with E-state index in [1.165, 1.54) is 11.8 Å². The van der Waals surface area contributed by atoms with Crippen molar-refractivity contribution in [3.05, 3.63) is 48.2 Å². The Bertz CT molecular complexity index is 858. The summed E-state index contributed by atoms with van der Waals surface area (Å²) in [5.74, 6) is 1.59. The smallest absolute Gasteiger partial charge is 0.234 e. The van der Waals surface area contributed by atoms with Gasteiger partial charge in [0.25, 0.3) is 0 Å². The lowest BCUT2D eigenvalue weighted by Gasteiger charge is -2.10. The molecule has 6 nitrogen and oxygen atoms in total. The van der Waals surface area contributed by atoms with Gasteiger partial charge in [0.2, 0.25) is 5.91 Å². The van der Waals surface area contributed by atoms with Crippen LogP contribution < -0.4 is 5.32 Å². The maximum Gasteiger partial charge on any atom is 0.234 e. The number of nitrogens with zero attached hydrogens (tertiary/aromatic N) is 3. The van der Waals surface area contributed by atoms with Gasteiger partial charge in [-0.25, -0.2) is 0 Å². The molecule has 0 unspecified atom stereocenters. The van der Waals surface area contributed by atoms with Gasteiger partial charge >= 0.3 is 0 Å². The molecule has 0 radical (unpaired) electrons. The highest BCUT2D eigenvalue weighted by atomic mass is 32.2. The van der Waals surface area contributed by atoms with E-state index < -0.39 is 0 Å². The third-order valence-electron chi connectivity index (χ3n) is 3.91.